The topological polar surface area (TPSA) is 50.9 Å². The van der Waals surface area contributed by atoms with E-state index in [0.29, 0.717) is 11.4 Å². The van der Waals surface area contributed by atoms with E-state index in [1.165, 1.54) is 0 Å². The van der Waals surface area contributed by atoms with E-state index in [1.54, 1.807) is 17.1 Å². The van der Waals surface area contributed by atoms with Crippen molar-refractivity contribution < 1.29 is 5.11 Å². The molecular formula is C14H18ClN3O. The van der Waals surface area contributed by atoms with Crippen molar-refractivity contribution in [3.63, 3.8) is 0 Å². The van der Waals surface area contributed by atoms with Crippen molar-refractivity contribution >= 4 is 11.6 Å². The summed E-state index contributed by atoms with van der Waals surface area (Å²) in [6, 6.07) is 1.89. The predicted octanol–water partition coefficient (Wildman–Crippen LogP) is 2.62. The van der Waals surface area contributed by atoms with Crippen LogP contribution in [0.4, 0.5) is 0 Å². The van der Waals surface area contributed by atoms with E-state index >= 15 is 0 Å². The predicted molar refractivity (Wildman–Crippen MR) is 75.2 cm³/mol. The van der Waals surface area contributed by atoms with Gasteiger partial charge in [0.2, 0.25) is 0 Å². The van der Waals surface area contributed by atoms with Gasteiger partial charge < -0.3 is 5.11 Å². The summed E-state index contributed by atoms with van der Waals surface area (Å²) in [5.41, 5.74) is 3.58. The van der Waals surface area contributed by atoms with E-state index in [-0.39, 0.29) is 0 Å². The number of hydrogen-bond acceptors (Lipinski definition) is 3. The molecule has 0 amide bonds. The summed E-state index contributed by atoms with van der Waals surface area (Å²) in [6.07, 6.45) is 4.03. The first-order valence-electron chi connectivity index (χ1n) is 6.33. The number of aliphatic hydroxyl groups is 1. The van der Waals surface area contributed by atoms with Crippen molar-refractivity contribution in [3.8, 4) is 0 Å². The third kappa shape index (κ3) is 2.80. The highest BCUT2D eigenvalue weighted by atomic mass is 35.5. The van der Waals surface area contributed by atoms with Crippen LogP contribution in [0.15, 0.2) is 18.5 Å². The second-order valence-electron chi connectivity index (χ2n) is 4.64. The van der Waals surface area contributed by atoms with Crippen LogP contribution in [0.25, 0.3) is 0 Å². The molecule has 2 aromatic rings. The molecule has 0 saturated carbocycles. The first kappa shape index (κ1) is 14.0. The van der Waals surface area contributed by atoms with E-state index in [9.17, 15) is 5.11 Å². The van der Waals surface area contributed by atoms with Crippen LogP contribution in [-0.2, 0) is 19.9 Å². The summed E-state index contributed by atoms with van der Waals surface area (Å²) >= 11 is 6.29. The Balaban J connectivity index is 2.27. The third-order valence-corrected chi connectivity index (χ3v) is 3.76. The fraction of sp³-hybridized carbons (Fsp3) is 0.429. The molecule has 2 rings (SSSR count). The van der Waals surface area contributed by atoms with Crippen LogP contribution < -0.4 is 0 Å². The molecule has 5 heteroatoms. The fourth-order valence-electron chi connectivity index (χ4n) is 2.16. The maximum absolute atomic E-state index is 10.3. The zero-order valence-corrected chi connectivity index (χ0v) is 12.1. The Labute approximate surface area is 118 Å². The van der Waals surface area contributed by atoms with Crippen LogP contribution in [0.5, 0.6) is 0 Å². The van der Waals surface area contributed by atoms with Crippen molar-refractivity contribution in [2.24, 2.45) is 7.05 Å². The fourth-order valence-corrected chi connectivity index (χ4v) is 2.53. The monoisotopic (exact) mass is 279 g/mol. The number of aryl methyl sites for hydroxylation is 3. The molecule has 0 bridgehead atoms. The molecule has 0 aliphatic heterocycles. The van der Waals surface area contributed by atoms with E-state index in [2.05, 4.69) is 10.1 Å². The Morgan fingerprint density at radius 1 is 1.47 bits per heavy atom. The first-order chi connectivity index (χ1) is 9.04. The number of halogens is 1. The second-order valence-corrected chi connectivity index (χ2v) is 5.01. The van der Waals surface area contributed by atoms with Gasteiger partial charge in [0, 0.05) is 31.4 Å². The number of rotatable bonds is 4. The minimum Gasteiger partial charge on any atom is -0.388 e. The molecule has 19 heavy (non-hydrogen) atoms. The van der Waals surface area contributed by atoms with E-state index in [0.717, 1.165) is 28.9 Å². The Hall–Kier alpha value is -1.39. The maximum Gasteiger partial charge on any atom is 0.0863 e. The van der Waals surface area contributed by atoms with Gasteiger partial charge in [-0.15, -0.1) is 0 Å². The minimum atomic E-state index is -0.619. The highest BCUT2D eigenvalue weighted by molar-refractivity contribution is 6.31. The van der Waals surface area contributed by atoms with E-state index in [1.807, 2.05) is 27.0 Å². The minimum absolute atomic E-state index is 0.439. The standard InChI is InChI=1S/C14H18ClN3O/c1-4-11-14(15)12(18(3)17-11)7-13(19)10-8-16-6-5-9(10)2/h5-6,8,13,19H,4,7H2,1-3H3. The average Bonchev–Trinajstić information content (AvgIpc) is 2.66. The van der Waals surface area contributed by atoms with Gasteiger partial charge in [0.1, 0.15) is 0 Å². The lowest BCUT2D eigenvalue weighted by Gasteiger charge is -2.13. The van der Waals surface area contributed by atoms with Crippen LogP contribution in [0.2, 0.25) is 5.02 Å². The molecule has 4 nitrogen and oxygen atoms in total. The Morgan fingerprint density at radius 3 is 2.79 bits per heavy atom. The smallest absolute Gasteiger partial charge is 0.0863 e. The summed E-state index contributed by atoms with van der Waals surface area (Å²) in [4.78, 5) is 4.06. The summed E-state index contributed by atoms with van der Waals surface area (Å²) in [5, 5.41) is 15.4. The Morgan fingerprint density at radius 2 is 2.21 bits per heavy atom. The van der Waals surface area contributed by atoms with Crippen molar-refractivity contribution in [1.82, 2.24) is 14.8 Å². The van der Waals surface area contributed by atoms with E-state index < -0.39 is 6.10 Å². The number of nitrogens with zero attached hydrogens (tertiary/aromatic N) is 3. The van der Waals surface area contributed by atoms with Gasteiger partial charge in [-0.05, 0) is 25.0 Å². The Bertz CT molecular complexity index is 580. The van der Waals surface area contributed by atoms with Gasteiger partial charge in [-0.1, -0.05) is 18.5 Å². The number of aromatic nitrogens is 3. The molecule has 0 radical (unpaired) electrons. The highest BCUT2D eigenvalue weighted by Crippen LogP contribution is 2.27. The zero-order chi connectivity index (χ0) is 14.0. The molecular weight excluding hydrogens is 262 g/mol. The molecule has 0 fully saturated rings. The molecule has 2 aromatic heterocycles. The lowest BCUT2D eigenvalue weighted by molar-refractivity contribution is 0.174. The molecule has 1 atom stereocenters. The second kappa shape index (κ2) is 5.72. The van der Waals surface area contributed by atoms with Gasteiger partial charge in [-0.25, -0.2) is 0 Å². The molecule has 2 heterocycles. The lowest BCUT2D eigenvalue weighted by atomic mass is 10.0. The van der Waals surface area contributed by atoms with Crippen LogP contribution in [0.3, 0.4) is 0 Å². The maximum atomic E-state index is 10.3. The molecule has 102 valence electrons. The number of hydrogen-bond donors (Lipinski definition) is 1. The van der Waals surface area contributed by atoms with Gasteiger partial charge in [-0.3, -0.25) is 9.67 Å². The summed E-state index contributed by atoms with van der Waals surface area (Å²) in [5.74, 6) is 0. The van der Waals surface area contributed by atoms with Crippen LogP contribution in [0, 0.1) is 6.92 Å². The molecule has 1 unspecified atom stereocenters. The molecule has 0 aliphatic carbocycles. The molecule has 1 N–H and O–H groups in total. The molecule has 0 aromatic carbocycles. The quantitative estimate of drug-likeness (QED) is 0.936. The molecule has 0 saturated heterocycles. The lowest BCUT2D eigenvalue weighted by Crippen LogP contribution is -2.08. The van der Waals surface area contributed by atoms with Crippen LogP contribution >= 0.6 is 11.6 Å². The SMILES string of the molecule is CCc1nn(C)c(CC(O)c2cnccc2C)c1Cl. The first-order valence-corrected chi connectivity index (χ1v) is 6.71. The van der Waals surface area contributed by atoms with Gasteiger partial charge >= 0.3 is 0 Å². The molecule has 0 spiro atoms. The van der Waals surface area contributed by atoms with Crippen LogP contribution in [0.1, 0.15) is 35.5 Å². The van der Waals surface area contributed by atoms with Crippen molar-refractivity contribution in [3.05, 3.63) is 46.0 Å². The molecule has 0 aliphatic rings. The van der Waals surface area contributed by atoms with Gasteiger partial charge in [0.05, 0.1) is 22.5 Å². The number of aliphatic hydroxyl groups excluding tert-OH is 1. The van der Waals surface area contributed by atoms with Crippen LogP contribution in [-0.4, -0.2) is 19.9 Å². The van der Waals surface area contributed by atoms with E-state index in [4.69, 9.17) is 11.6 Å². The number of pyridine rings is 1. The van der Waals surface area contributed by atoms with Crippen molar-refractivity contribution in [1.29, 1.82) is 0 Å². The van der Waals surface area contributed by atoms with Crippen molar-refractivity contribution in [2.45, 2.75) is 32.8 Å². The summed E-state index contributed by atoms with van der Waals surface area (Å²) in [7, 11) is 1.85. The zero-order valence-electron chi connectivity index (χ0n) is 11.4. The highest BCUT2D eigenvalue weighted by Gasteiger charge is 2.18. The normalized spacial score (nSPS) is 12.7. The van der Waals surface area contributed by atoms with Gasteiger partial charge in [0.25, 0.3) is 0 Å². The summed E-state index contributed by atoms with van der Waals surface area (Å²) < 4.78 is 1.75. The largest absolute Gasteiger partial charge is 0.388 e. The third-order valence-electron chi connectivity index (χ3n) is 3.33. The van der Waals surface area contributed by atoms with Gasteiger partial charge in [-0.2, -0.15) is 5.10 Å². The Kier molecular flexibility index (Phi) is 4.22. The average molecular weight is 280 g/mol. The summed E-state index contributed by atoms with van der Waals surface area (Å²) in [6.45, 7) is 3.97. The van der Waals surface area contributed by atoms with Crippen molar-refractivity contribution in [2.75, 3.05) is 0 Å². The van der Waals surface area contributed by atoms with Gasteiger partial charge in [0.15, 0.2) is 0 Å².